The first kappa shape index (κ1) is 22.3. The van der Waals surface area contributed by atoms with Crippen LogP contribution in [0.1, 0.15) is 48.1 Å². The maximum absolute atomic E-state index is 13.2. The molecule has 1 unspecified atom stereocenters. The monoisotopic (exact) mass is 441 g/mol. The van der Waals surface area contributed by atoms with Crippen molar-refractivity contribution >= 4 is 17.4 Å². The van der Waals surface area contributed by atoms with Gasteiger partial charge in [-0.1, -0.05) is 80.6 Å². The van der Waals surface area contributed by atoms with Crippen LogP contribution in [0.5, 0.6) is 5.75 Å². The molecular weight excluding hydrogens is 414 g/mol. The fraction of sp³-hybridized carbons (Fsp3) is 0.214. The summed E-state index contributed by atoms with van der Waals surface area (Å²) in [6, 6.07) is 23.6. The lowest BCUT2D eigenvalue weighted by Crippen LogP contribution is -2.29. The predicted octanol–water partition coefficient (Wildman–Crippen LogP) is 5.44. The van der Waals surface area contributed by atoms with Crippen LogP contribution < -0.4 is 4.74 Å². The molecule has 1 N–H and O–H groups in total. The molecule has 1 saturated heterocycles. The summed E-state index contributed by atoms with van der Waals surface area (Å²) in [4.78, 5) is 27.9. The molecule has 0 bridgehead atoms. The Balaban J connectivity index is 1.85. The van der Waals surface area contributed by atoms with Gasteiger partial charge >= 0.3 is 0 Å². The number of carbonyl (C=O) groups excluding carboxylic acids is 2. The van der Waals surface area contributed by atoms with Crippen molar-refractivity contribution in [1.29, 1.82) is 0 Å². The van der Waals surface area contributed by atoms with Gasteiger partial charge in [0.2, 0.25) is 0 Å². The highest BCUT2D eigenvalue weighted by atomic mass is 16.5. The van der Waals surface area contributed by atoms with E-state index in [1.54, 1.807) is 24.3 Å². The first-order valence-corrected chi connectivity index (χ1v) is 11.0. The molecule has 1 amide bonds. The van der Waals surface area contributed by atoms with E-state index in [1.165, 1.54) is 12.0 Å². The van der Waals surface area contributed by atoms with Gasteiger partial charge in [-0.15, -0.1) is 0 Å². The highest BCUT2D eigenvalue weighted by molar-refractivity contribution is 6.46. The number of rotatable bonds is 6. The summed E-state index contributed by atoms with van der Waals surface area (Å²) in [6.45, 7) is 4.48. The molecule has 1 aliphatic heterocycles. The molecule has 0 aromatic heterocycles. The van der Waals surface area contributed by atoms with Gasteiger partial charge in [0.25, 0.3) is 11.7 Å². The van der Waals surface area contributed by atoms with E-state index in [9.17, 15) is 14.7 Å². The van der Waals surface area contributed by atoms with E-state index in [2.05, 4.69) is 13.8 Å². The number of ether oxygens (including phenoxy) is 1. The van der Waals surface area contributed by atoms with Gasteiger partial charge in [-0.05, 0) is 34.7 Å². The molecule has 3 aromatic carbocycles. The average molecular weight is 442 g/mol. The summed E-state index contributed by atoms with van der Waals surface area (Å²) in [6.07, 6.45) is 0. The smallest absolute Gasteiger partial charge is 0.295 e. The number of aliphatic hydroxyl groups is 1. The molecule has 0 spiro atoms. The third kappa shape index (κ3) is 4.40. The first-order valence-electron chi connectivity index (χ1n) is 11.0. The molecule has 5 heteroatoms. The Labute approximate surface area is 193 Å². The number of amides is 1. The van der Waals surface area contributed by atoms with E-state index in [0.717, 1.165) is 16.7 Å². The van der Waals surface area contributed by atoms with E-state index in [0.29, 0.717) is 17.2 Å². The number of likely N-dealkylation sites (tertiary alicyclic amines) is 1. The molecule has 0 aliphatic carbocycles. The summed E-state index contributed by atoms with van der Waals surface area (Å²) < 4.78 is 5.27. The van der Waals surface area contributed by atoms with E-state index >= 15 is 0 Å². The van der Waals surface area contributed by atoms with Gasteiger partial charge < -0.3 is 14.7 Å². The lowest BCUT2D eigenvalue weighted by molar-refractivity contribution is -0.140. The Bertz CT molecular complexity index is 1200. The summed E-state index contributed by atoms with van der Waals surface area (Å²) in [7, 11) is 1.54. The van der Waals surface area contributed by atoms with Gasteiger partial charge in [0.05, 0.1) is 18.7 Å². The van der Waals surface area contributed by atoms with Crippen LogP contribution in [0.15, 0.2) is 84.4 Å². The Morgan fingerprint density at radius 3 is 2.30 bits per heavy atom. The fourth-order valence-corrected chi connectivity index (χ4v) is 4.16. The maximum Gasteiger partial charge on any atom is 0.295 e. The van der Waals surface area contributed by atoms with Gasteiger partial charge in [0.15, 0.2) is 0 Å². The highest BCUT2D eigenvalue weighted by Crippen LogP contribution is 2.40. The number of nitrogens with zero attached hydrogens (tertiary/aromatic N) is 1. The average Bonchev–Trinajstić information content (AvgIpc) is 3.09. The van der Waals surface area contributed by atoms with Crippen molar-refractivity contribution in [2.24, 2.45) is 0 Å². The van der Waals surface area contributed by atoms with E-state index in [1.807, 2.05) is 54.6 Å². The van der Waals surface area contributed by atoms with Crippen molar-refractivity contribution in [1.82, 2.24) is 4.90 Å². The van der Waals surface area contributed by atoms with Crippen LogP contribution in [0.4, 0.5) is 0 Å². The normalized spacial score (nSPS) is 17.6. The molecule has 5 nitrogen and oxygen atoms in total. The largest absolute Gasteiger partial charge is 0.507 e. The third-order valence-corrected chi connectivity index (χ3v) is 6.00. The second-order valence-corrected chi connectivity index (χ2v) is 8.47. The van der Waals surface area contributed by atoms with Gasteiger partial charge in [-0.2, -0.15) is 0 Å². The zero-order chi connectivity index (χ0) is 23.5. The van der Waals surface area contributed by atoms with E-state index < -0.39 is 17.7 Å². The van der Waals surface area contributed by atoms with Gasteiger partial charge in [0, 0.05) is 12.1 Å². The number of carbonyl (C=O) groups is 2. The summed E-state index contributed by atoms with van der Waals surface area (Å²) in [5.74, 6) is -0.618. The minimum Gasteiger partial charge on any atom is -0.507 e. The first-order chi connectivity index (χ1) is 15.9. The van der Waals surface area contributed by atoms with Gasteiger partial charge in [0.1, 0.15) is 11.5 Å². The fourth-order valence-electron chi connectivity index (χ4n) is 4.16. The number of methoxy groups -OCH3 is 1. The van der Waals surface area contributed by atoms with E-state index in [4.69, 9.17) is 4.74 Å². The van der Waals surface area contributed by atoms with Crippen LogP contribution >= 0.6 is 0 Å². The number of hydrogen-bond acceptors (Lipinski definition) is 4. The number of Topliss-reactive ketones (excluding diaryl/α,β-unsaturated/α-hetero) is 1. The van der Waals surface area contributed by atoms with Crippen LogP contribution in [0.25, 0.3) is 5.76 Å². The van der Waals surface area contributed by atoms with Crippen LogP contribution in [-0.2, 0) is 16.1 Å². The van der Waals surface area contributed by atoms with Crippen molar-refractivity contribution in [3.8, 4) is 5.75 Å². The van der Waals surface area contributed by atoms with Crippen LogP contribution in [0, 0.1) is 0 Å². The number of aliphatic hydroxyl groups excluding tert-OH is 1. The minimum absolute atomic E-state index is 0.0847. The Morgan fingerprint density at radius 1 is 0.970 bits per heavy atom. The molecule has 168 valence electrons. The second-order valence-electron chi connectivity index (χ2n) is 8.47. The van der Waals surface area contributed by atoms with Crippen LogP contribution in [-0.4, -0.2) is 28.8 Å². The van der Waals surface area contributed by atoms with Crippen LogP contribution in [0.2, 0.25) is 0 Å². The molecule has 4 rings (SSSR count). The quantitative estimate of drug-likeness (QED) is 0.314. The number of hydrogen-bond donors (Lipinski definition) is 1. The molecular formula is C28H27NO4. The van der Waals surface area contributed by atoms with Gasteiger partial charge in [-0.25, -0.2) is 0 Å². The van der Waals surface area contributed by atoms with Crippen molar-refractivity contribution in [2.75, 3.05) is 7.11 Å². The standard InChI is InChI=1S/C28H27NO4/c1-18(2)20-12-14-21(15-13-20)25-24(26(30)22-10-7-11-23(16-22)33-3)27(31)28(32)29(25)17-19-8-5-4-6-9-19/h4-16,18,25,30H,17H2,1-3H3. The molecule has 0 saturated carbocycles. The summed E-state index contributed by atoms with van der Waals surface area (Å²) >= 11 is 0. The van der Waals surface area contributed by atoms with E-state index in [-0.39, 0.29) is 17.9 Å². The molecule has 1 aliphatic rings. The predicted molar refractivity (Wildman–Crippen MR) is 128 cm³/mol. The van der Waals surface area contributed by atoms with Gasteiger partial charge in [-0.3, -0.25) is 9.59 Å². The Morgan fingerprint density at radius 2 is 1.67 bits per heavy atom. The van der Waals surface area contributed by atoms with Crippen molar-refractivity contribution in [3.05, 3.63) is 107 Å². The topological polar surface area (TPSA) is 66.8 Å². The molecule has 33 heavy (non-hydrogen) atoms. The lowest BCUT2D eigenvalue weighted by Gasteiger charge is -2.26. The van der Waals surface area contributed by atoms with Crippen molar-refractivity contribution in [2.45, 2.75) is 32.4 Å². The lowest BCUT2D eigenvalue weighted by atomic mass is 9.93. The number of ketones is 1. The molecule has 3 aromatic rings. The number of benzene rings is 3. The van der Waals surface area contributed by atoms with Crippen molar-refractivity contribution in [3.63, 3.8) is 0 Å². The zero-order valence-corrected chi connectivity index (χ0v) is 19.0. The zero-order valence-electron chi connectivity index (χ0n) is 19.0. The summed E-state index contributed by atoms with van der Waals surface area (Å²) in [5, 5.41) is 11.2. The molecule has 0 radical (unpaired) electrons. The second kappa shape index (κ2) is 9.33. The highest BCUT2D eigenvalue weighted by Gasteiger charge is 2.46. The summed E-state index contributed by atoms with van der Waals surface area (Å²) in [5.41, 5.74) is 3.35. The molecule has 1 fully saturated rings. The Kier molecular flexibility index (Phi) is 6.31. The minimum atomic E-state index is -0.697. The molecule has 1 heterocycles. The third-order valence-electron chi connectivity index (χ3n) is 6.00. The maximum atomic E-state index is 13.2. The SMILES string of the molecule is COc1cccc(C(O)=C2C(=O)C(=O)N(Cc3ccccc3)C2c2ccc(C(C)C)cc2)c1. The molecule has 1 atom stereocenters. The Hall–Kier alpha value is -3.86. The van der Waals surface area contributed by atoms with Crippen LogP contribution in [0.3, 0.4) is 0 Å². The van der Waals surface area contributed by atoms with Crippen molar-refractivity contribution < 1.29 is 19.4 Å².